The Kier molecular flexibility index (Phi) is 4.51. The quantitative estimate of drug-likeness (QED) is 0.749. The van der Waals surface area contributed by atoms with E-state index >= 15 is 0 Å². The highest BCUT2D eigenvalue weighted by Gasteiger charge is 2.27. The molecule has 18 heavy (non-hydrogen) atoms. The van der Waals surface area contributed by atoms with Crippen molar-refractivity contribution >= 4 is 5.78 Å². The van der Waals surface area contributed by atoms with Gasteiger partial charge in [-0.1, -0.05) is 26.3 Å². The van der Waals surface area contributed by atoms with Crippen molar-refractivity contribution in [3.8, 4) is 0 Å². The maximum absolute atomic E-state index is 12.5. The summed E-state index contributed by atoms with van der Waals surface area (Å²) in [5.74, 6) is 1.33. The molecule has 2 rings (SSSR count). The number of hydrogen-bond donors (Lipinski definition) is 0. The molecule has 1 saturated carbocycles. The summed E-state index contributed by atoms with van der Waals surface area (Å²) in [6, 6.07) is 3.95. The summed E-state index contributed by atoms with van der Waals surface area (Å²) < 4.78 is 0. The lowest BCUT2D eigenvalue weighted by atomic mass is 9.78. The zero-order valence-corrected chi connectivity index (χ0v) is 11.5. The number of Topliss-reactive ketones (excluding diaryl/α,β-unsaturated/α-hetero) is 1. The van der Waals surface area contributed by atoms with Crippen molar-refractivity contribution in [1.29, 1.82) is 0 Å². The Morgan fingerprint density at radius 3 is 2.61 bits per heavy atom. The first-order valence-corrected chi connectivity index (χ1v) is 7.24. The van der Waals surface area contributed by atoms with Gasteiger partial charge in [0.2, 0.25) is 0 Å². The number of nitrogens with zero attached hydrogens (tertiary/aromatic N) is 1. The molecule has 1 aliphatic carbocycles. The Morgan fingerprint density at radius 1 is 1.28 bits per heavy atom. The summed E-state index contributed by atoms with van der Waals surface area (Å²) in [5, 5.41) is 0. The molecule has 0 atom stereocenters. The highest BCUT2D eigenvalue weighted by Crippen LogP contribution is 2.32. The highest BCUT2D eigenvalue weighted by molar-refractivity contribution is 5.97. The van der Waals surface area contributed by atoms with Crippen LogP contribution in [0.5, 0.6) is 0 Å². The fourth-order valence-corrected chi connectivity index (χ4v) is 2.97. The Labute approximate surface area is 110 Å². The minimum absolute atomic E-state index is 0.216. The van der Waals surface area contributed by atoms with E-state index in [2.05, 4.69) is 18.8 Å². The summed E-state index contributed by atoms with van der Waals surface area (Å²) >= 11 is 0. The van der Waals surface area contributed by atoms with Crippen LogP contribution in [0.3, 0.4) is 0 Å². The van der Waals surface area contributed by atoms with Gasteiger partial charge in [0.15, 0.2) is 5.78 Å². The molecule has 1 aliphatic rings. The van der Waals surface area contributed by atoms with Crippen LogP contribution < -0.4 is 0 Å². The van der Waals surface area contributed by atoms with Crippen LogP contribution in [0.1, 0.15) is 62.0 Å². The number of rotatable bonds is 4. The monoisotopic (exact) mass is 245 g/mol. The summed E-state index contributed by atoms with van der Waals surface area (Å²) in [5.41, 5.74) is 1.82. The maximum atomic E-state index is 12.5. The van der Waals surface area contributed by atoms with Gasteiger partial charge in [0, 0.05) is 12.1 Å². The Morgan fingerprint density at radius 2 is 2.00 bits per heavy atom. The second kappa shape index (κ2) is 6.12. The largest absolute Gasteiger partial charge is 0.292 e. The van der Waals surface area contributed by atoms with Gasteiger partial charge in [0.05, 0.1) is 0 Å². The number of pyridine rings is 1. The van der Waals surface area contributed by atoms with Crippen LogP contribution in [0.15, 0.2) is 18.3 Å². The fourth-order valence-electron chi connectivity index (χ4n) is 2.97. The van der Waals surface area contributed by atoms with E-state index in [4.69, 9.17) is 0 Å². The van der Waals surface area contributed by atoms with Crippen molar-refractivity contribution in [3.63, 3.8) is 0 Å². The predicted molar refractivity (Wildman–Crippen MR) is 73.7 cm³/mol. The summed E-state index contributed by atoms with van der Waals surface area (Å²) in [6.45, 7) is 4.34. The minimum Gasteiger partial charge on any atom is -0.292 e. The normalized spacial score (nSPS) is 23.9. The Hall–Kier alpha value is -1.18. The molecule has 1 heterocycles. The number of carbonyl (C=O) groups is 1. The van der Waals surface area contributed by atoms with E-state index in [-0.39, 0.29) is 11.7 Å². The van der Waals surface area contributed by atoms with Crippen LogP contribution in [-0.2, 0) is 6.42 Å². The Balaban J connectivity index is 2.08. The van der Waals surface area contributed by atoms with Gasteiger partial charge >= 0.3 is 0 Å². The molecule has 1 aromatic heterocycles. The van der Waals surface area contributed by atoms with Crippen molar-refractivity contribution in [3.05, 3.63) is 29.6 Å². The molecular formula is C16H23NO. The molecule has 1 aromatic rings. The van der Waals surface area contributed by atoms with Crippen molar-refractivity contribution in [2.75, 3.05) is 0 Å². The van der Waals surface area contributed by atoms with Crippen LogP contribution in [0.25, 0.3) is 0 Å². The van der Waals surface area contributed by atoms with Crippen molar-refractivity contribution in [1.82, 2.24) is 4.98 Å². The number of aromatic nitrogens is 1. The zero-order valence-electron chi connectivity index (χ0n) is 11.5. The third-order valence-electron chi connectivity index (χ3n) is 4.30. The van der Waals surface area contributed by atoms with Crippen molar-refractivity contribution in [2.24, 2.45) is 11.8 Å². The smallest absolute Gasteiger partial charge is 0.184 e. The number of carbonyl (C=O) groups excluding carboxylic acids is 1. The van der Waals surface area contributed by atoms with E-state index < -0.39 is 0 Å². The van der Waals surface area contributed by atoms with Gasteiger partial charge in [0.1, 0.15) is 5.69 Å². The lowest BCUT2D eigenvalue weighted by Crippen LogP contribution is -2.23. The molecule has 0 N–H and O–H groups in total. The first-order chi connectivity index (χ1) is 8.76. The number of aryl methyl sites for hydroxylation is 1. The minimum atomic E-state index is 0.216. The van der Waals surface area contributed by atoms with Crippen molar-refractivity contribution < 1.29 is 4.79 Å². The van der Waals surface area contributed by atoms with E-state index in [1.54, 1.807) is 6.20 Å². The average Bonchev–Trinajstić information content (AvgIpc) is 2.46. The molecule has 0 aromatic carbocycles. The molecule has 1 fully saturated rings. The van der Waals surface area contributed by atoms with Gasteiger partial charge in [-0.15, -0.1) is 0 Å². The Bertz CT molecular complexity index is 405. The molecule has 2 heteroatoms. The van der Waals surface area contributed by atoms with E-state index in [1.807, 2.05) is 12.1 Å². The average molecular weight is 245 g/mol. The van der Waals surface area contributed by atoms with Gasteiger partial charge in [-0.2, -0.15) is 0 Å². The fraction of sp³-hybridized carbons (Fsp3) is 0.625. The molecule has 0 amide bonds. The van der Waals surface area contributed by atoms with Crippen LogP contribution in [0.4, 0.5) is 0 Å². The zero-order chi connectivity index (χ0) is 13.0. The van der Waals surface area contributed by atoms with Crippen LogP contribution in [-0.4, -0.2) is 10.8 Å². The molecule has 0 saturated heterocycles. The molecule has 0 unspecified atom stereocenters. The highest BCUT2D eigenvalue weighted by atomic mass is 16.1. The second-order valence-corrected chi connectivity index (χ2v) is 5.35. The van der Waals surface area contributed by atoms with Gasteiger partial charge in [-0.3, -0.25) is 9.78 Å². The molecule has 0 spiro atoms. The topological polar surface area (TPSA) is 30.0 Å². The van der Waals surface area contributed by atoms with Crippen LogP contribution >= 0.6 is 0 Å². The lowest BCUT2D eigenvalue weighted by molar-refractivity contribution is 0.0865. The van der Waals surface area contributed by atoms with Gasteiger partial charge in [-0.25, -0.2) is 0 Å². The molecule has 98 valence electrons. The molecule has 2 nitrogen and oxygen atoms in total. The SMILES string of the molecule is CCc1cccnc1C(=O)C1CCC(CC)CC1. The van der Waals surface area contributed by atoms with E-state index in [1.165, 1.54) is 19.3 Å². The summed E-state index contributed by atoms with van der Waals surface area (Å²) in [7, 11) is 0. The molecule has 0 radical (unpaired) electrons. The predicted octanol–water partition coefficient (Wildman–Crippen LogP) is 4.04. The van der Waals surface area contributed by atoms with E-state index in [0.717, 1.165) is 36.4 Å². The van der Waals surface area contributed by atoms with Gasteiger partial charge in [-0.05, 0) is 49.7 Å². The van der Waals surface area contributed by atoms with Crippen molar-refractivity contribution in [2.45, 2.75) is 52.4 Å². The lowest BCUT2D eigenvalue weighted by Gasteiger charge is -2.26. The number of ketones is 1. The van der Waals surface area contributed by atoms with Crippen LogP contribution in [0.2, 0.25) is 0 Å². The third-order valence-corrected chi connectivity index (χ3v) is 4.30. The standard InChI is InChI=1S/C16H23NO/c1-3-12-7-9-14(10-8-12)16(18)15-13(4-2)6-5-11-17-15/h5-6,11-12,14H,3-4,7-10H2,1-2H3. The summed E-state index contributed by atoms with van der Waals surface area (Å²) in [6.07, 6.45) is 8.41. The van der Waals surface area contributed by atoms with Gasteiger partial charge in [0.25, 0.3) is 0 Å². The second-order valence-electron chi connectivity index (χ2n) is 5.35. The molecule has 0 bridgehead atoms. The first-order valence-electron chi connectivity index (χ1n) is 7.24. The van der Waals surface area contributed by atoms with Crippen LogP contribution in [0, 0.1) is 11.8 Å². The van der Waals surface area contributed by atoms with Gasteiger partial charge < -0.3 is 0 Å². The summed E-state index contributed by atoms with van der Waals surface area (Å²) in [4.78, 5) is 16.8. The van der Waals surface area contributed by atoms with E-state index in [9.17, 15) is 4.79 Å². The van der Waals surface area contributed by atoms with E-state index in [0.29, 0.717) is 0 Å². The molecule has 0 aliphatic heterocycles. The maximum Gasteiger partial charge on any atom is 0.184 e. The number of hydrogen-bond acceptors (Lipinski definition) is 2. The first kappa shape index (κ1) is 13.3. The molecular weight excluding hydrogens is 222 g/mol. The third kappa shape index (κ3) is 2.80.